The van der Waals surface area contributed by atoms with E-state index in [9.17, 15) is 14.7 Å². The minimum Gasteiger partial charge on any atom is -0.493 e. The molecule has 1 N–H and O–H groups in total. The fourth-order valence-corrected chi connectivity index (χ4v) is 3.92. The molecule has 2 aliphatic rings. The Labute approximate surface area is 152 Å². The van der Waals surface area contributed by atoms with Crippen molar-refractivity contribution in [2.45, 2.75) is 25.4 Å². The summed E-state index contributed by atoms with van der Waals surface area (Å²) in [6, 6.07) is 5.15. The highest BCUT2D eigenvalue weighted by atomic mass is 16.5. The molecule has 26 heavy (non-hydrogen) atoms. The van der Waals surface area contributed by atoms with Crippen LogP contribution >= 0.6 is 0 Å². The number of methoxy groups -OCH3 is 2. The van der Waals surface area contributed by atoms with Gasteiger partial charge in [-0.3, -0.25) is 9.59 Å². The number of aliphatic carboxylic acids is 1. The Bertz CT molecular complexity index is 668. The normalized spacial score (nSPS) is 23.7. The van der Waals surface area contributed by atoms with Crippen LogP contribution in [0.3, 0.4) is 0 Å². The first-order chi connectivity index (χ1) is 12.5. The Balaban J connectivity index is 1.63. The standard InChI is InChI=1S/C19H25NO6/c1-24-15-4-3-13(11-16(15)25-2)18(21)20-8-5-12(6-9-20)17-14(19(22)23)7-10-26-17/h3-4,11-12,14,17H,5-10H2,1-2H3,(H,22,23)/t14?,17-/m0/s1. The first-order valence-corrected chi connectivity index (χ1v) is 8.91. The summed E-state index contributed by atoms with van der Waals surface area (Å²) in [6.45, 7) is 1.71. The molecule has 142 valence electrons. The van der Waals surface area contributed by atoms with E-state index >= 15 is 0 Å². The fraction of sp³-hybridized carbons (Fsp3) is 0.579. The average Bonchev–Trinajstić information content (AvgIpc) is 3.17. The Morgan fingerprint density at radius 2 is 1.81 bits per heavy atom. The summed E-state index contributed by atoms with van der Waals surface area (Å²) < 4.78 is 16.2. The maximum absolute atomic E-state index is 12.8. The fourth-order valence-electron chi connectivity index (χ4n) is 3.92. The van der Waals surface area contributed by atoms with E-state index < -0.39 is 11.9 Å². The highest BCUT2D eigenvalue weighted by Gasteiger charge is 2.40. The van der Waals surface area contributed by atoms with Gasteiger partial charge in [-0.25, -0.2) is 0 Å². The lowest BCUT2D eigenvalue weighted by atomic mass is 9.84. The quantitative estimate of drug-likeness (QED) is 0.862. The third-order valence-corrected chi connectivity index (χ3v) is 5.37. The number of hydrogen-bond acceptors (Lipinski definition) is 5. The first kappa shape index (κ1) is 18.5. The second-order valence-corrected chi connectivity index (χ2v) is 6.77. The van der Waals surface area contributed by atoms with Crippen molar-refractivity contribution in [1.82, 2.24) is 4.90 Å². The van der Waals surface area contributed by atoms with Crippen molar-refractivity contribution in [2.75, 3.05) is 33.9 Å². The summed E-state index contributed by atoms with van der Waals surface area (Å²) >= 11 is 0. The molecule has 1 amide bonds. The van der Waals surface area contributed by atoms with Crippen LogP contribution in [0.1, 0.15) is 29.6 Å². The predicted molar refractivity (Wildman–Crippen MR) is 93.7 cm³/mol. The predicted octanol–water partition coefficient (Wildman–Crippen LogP) is 2.05. The number of nitrogens with zero attached hydrogens (tertiary/aromatic N) is 1. The van der Waals surface area contributed by atoms with Crippen LogP contribution in [0.4, 0.5) is 0 Å². The molecule has 1 aromatic rings. The summed E-state index contributed by atoms with van der Waals surface area (Å²) in [7, 11) is 3.09. The van der Waals surface area contributed by atoms with Crippen molar-refractivity contribution < 1.29 is 28.9 Å². The lowest BCUT2D eigenvalue weighted by Crippen LogP contribution is -2.43. The summed E-state index contributed by atoms with van der Waals surface area (Å²) in [5, 5.41) is 9.33. The van der Waals surface area contributed by atoms with Gasteiger partial charge in [0.1, 0.15) is 0 Å². The summed E-state index contributed by atoms with van der Waals surface area (Å²) in [5.74, 6) is 0.0433. The van der Waals surface area contributed by atoms with Gasteiger partial charge in [0.25, 0.3) is 5.91 Å². The van der Waals surface area contributed by atoms with Gasteiger partial charge in [-0.15, -0.1) is 0 Å². The number of rotatable bonds is 5. The van der Waals surface area contributed by atoms with Gasteiger partial charge in [-0.2, -0.15) is 0 Å². The molecule has 7 nitrogen and oxygen atoms in total. The minimum atomic E-state index is -0.781. The van der Waals surface area contributed by atoms with Crippen LogP contribution < -0.4 is 9.47 Å². The van der Waals surface area contributed by atoms with E-state index in [1.54, 1.807) is 25.3 Å². The number of likely N-dealkylation sites (tertiary alicyclic amines) is 1. The molecule has 2 atom stereocenters. The molecule has 0 spiro atoms. The zero-order chi connectivity index (χ0) is 18.7. The molecular weight excluding hydrogens is 338 g/mol. The number of carboxylic acids is 1. The van der Waals surface area contributed by atoms with Crippen LogP contribution in [-0.4, -0.2) is 61.9 Å². The lowest BCUT2D eigenvalue weighted by molar-refractivity contribution is -0.145. The van der Waals surface area contributed by atoms with E-state index in [2.05, 4.69) is 0 Å². The van der Waals surface area contributed by atoms with Crippen molar-refractivity contribution in [3.8, 4) is 11.5 Å². The number of carbonyl (C=O) groups is 2. The van der Waals surface area contributed by atoms with Gasteiger partial charge < -0.3 is 24.2 Å². The molecule has 1 unspecified atom stereocenters. The van der Waals surface area contributed by atoms with Gasteiger partial charge in [0.15, 0.2) is 11.5 Å². The van der Waals surface area contributed by atoms with Crippen molar-refractivity contribution in [1.29, 1.82) is 0 Å². The van der Waals surface area contributed by atoms with Crippen molar-refractivity contribution >= 4 is 11.9 Å². The first-order valence-electron chi connectivity index (χ1n) is 8.91. The number of carbonyl (C=O) groups excluding carboxylic acids is 1. The Morgan fingerprint density at radius 3 is 2.42 bits per heavy atom. The van der Waals surface area contributed by atoms with Crippen molar-refractivity contribution in [3.63, 3.8) is 0 Å². The number of amides is 1. The third kappa shape index (κ3) is 3.62. The van der Waals surface area contributed by atoms with Gasteiger partial charge >= 0.3 is 5.97 Å². The van der Waals surface area contributed by atoms with Crippen LogP contribution in [0.15, 0.2) is 18.2 Å². The van der Waals surface area contributed by atoms with Gasteiger partial charge in [0.2, 0.25) is 0 Å². The van der Waals surface area contributed by atoms with E-state index in [0.717, 1.165) is 12.8 Å². The van der Waals surface area contributed by atoms with Gasteiger partial charge in [-0.05, 0) is 43.4 Å². The molecule has 7 heteroatoms. The second kappa shape index (κ2) is 7.95. The smallest absolute Gasteiger partial charge is 0.309 e. The van der Waals surface area contributed by atoms with Gasteiger partial charge in [0.05, 0.1) is 26.2 Å². The number of piperidine rings is 1. The topological polar surface area (TPSA) is 85.3 Å². The molecular formula is C19H25NO6. The van der Waals surface area contributed by atoms with Crippen molar-refractivity contribution in [3.05, 3.63) is 23.8 Å². The molecule has 2 fully saturated rings. The van der Waals surface area contributed by atoms with Gasteiger partial charge in [0, 0.05) is 25.3 Å². The highest BCUT2D eigenvalue weighted by molar-refractivity contribution is 5.95. The summed E-state index contributed by atoms with van der Waals surface area (Å²) in [6.07, 6.45) is 1.86. The maximum atomic E-state index is 12.8. The van der Waals surface area contributed by atoms with E-state index in [1.165, 1.54) is 7.11 Å². The van der Waals surface area contributed by atoms with Crippen molar-refractivity contribution in [2.24, 2.45) is 11.8 Å². The van der Waals surface area contributed by atoms with E-state index in [1.807, 2.05) is 4.90 Å². The van der Waals surface area contributed by atoms with E-state index in [0.29, 0.717) is 43.2 Å². The second-order valence-electron chi connectivity index (χ2n) is 6.77. The van der Waals surface area contributed by atoms with E-state index in [-0.39, 0.29) is 17.9 Å². The zero-order valence-electron chi connectivity index (χ0n) is 15.1. The Morgan fingerprint density at radius 1 is 1.12 bits per heavy atom. The molecule has 2 heterocycles. The monoisotopic (exact) mass is 363 g/mol. The molecule has 0 radical (unpaired) electrons. The number of ether oxygens (including phenoxy) is 3. The molecule has 0 bridgehead atoms. The Hall–Kier alpha value is -2.28. The summed E-state index contributed by atoms with van der Waals surface area (Å²) in [5.41, 5.74) is 0.557. The summed E-state index contributed by atoms with van der Waals surface area (Å²) in [4.78, 5) is 25.9. The average molecular weight is 363 g/mol. The maximum Gasteiger partial charge on any atom is 0.309 e. The molecule has 2 aliphatic heterocycles. The molecule has 2 saturated heterocycles. The van der Waals surface area contributed by atoms with E-state index in [4.69, 9.17) is 14.2 Å². The van der Waals surface area contributed by atoms with Crippen LogP contribution in [-0.2, 0) is 9.53 Å². The number of benzene rings is 1. The zero-order valence-corrected chi connectivity index (χ0v) is 15.1. The number of carboxylic acid groups (broad SMARTS) is 1. The largest absolute Gasteiger partial charge is 0.493 e. The molecule has 0 aliphatic carbocycles. The molecule has 0 aromatic heterocycles. The number of hydrogen-bond donors (Lipinski definition) is 1. The lowest BCUT2D eigenvalue weighted by Gasteiger charge is -2.35. The molecule has 0 saturated carbocycles. The van der Waals surface area contributed by atoms with Crippen LogP contribution in [0.25, 0.3) is 0 Å². The Kier molecular flexibility index (Phi) is 5.66. The third-order valence-electron chi connectivity index (χ3n) is 5.37. The minimum absolute atomic E-state index is 0.0495. The molecule has 3 rings (SSSR count). The van der Waals surface area contributed by atoms with Crippen LogP contribution in [0.2, 0.25) is 0 Å². The SMILES string of the molecule is COc1ccc(C(=O)N2CCC([C@@H]3OCCC3C(=O)O)CC2)cc1OC. The van der Waals surface area contributed by atoms with Crippen LogP contribution in [0, 0.1) is 11.8 Å². The van der Waals surface area contributed by atoms with Gasteiger partial charge in [-0.1, -0.05) is 0 Å². The highest BCUT2D eigenvalue weighted by Crippen LogP contribution is 2.34. The van der Waals surface area contributed by atoms with Crippen LogP contribution in [0.5, 0.6) is 11.5 Å². The molecule has 1 aromatic carbocycles.